The van der Waals surface area contributed by atoms with Gasteiger partial charge in [0, 0.05) is 44.6 Å². The van der Waals surface area contributed by atoms with Crippen LogP contribution in [0, 0.1) is 13.8 Å². The van der Waals surface area contributed by atoms with Crippen molar-refractivity contribution in [2.45, 2.75) is 38.9 Å². The van der Waals surface area contributed by atoms with Crippen molar-refractivity contribution in [3.8, 4) is 0 Å². The fourth-order valence-electron chi connectivity index (χ4n) is 3.21. The van der Waals surface area contributed by atoms with Crippen LogP contribution in [0.2, 0.25) is 0 Å². The van der Waals surface area contributed by atoms with Gasteiger partial charge in [-0.15, -0.1) is 0 Å². The minimum Gasteiger partial charge on any atom is -0.347 e. The molecule has 0 saturated carbocycles. The largest absolute Gasteiger partial charge is 0.347 e. The number of nitrogens with zero attached hydrogens (tertiary/aromatic N) is 1. The first-order chi connectivity index (χ1) is 11.1. The first-order valence-corrected chi connectivity index (χ1v) is 8.44. The molecule has 3 rings (SSSR count). The van der Waals surface area contributed by atoms with Crippen LogP contribution in [-0.4, -0.2) is 49.4 Å². The third-order valence-electron chi connectivity index (χ3n) is 4.88. The van der Waals surface area contributed by atoms with Gasteiger partial charge in [0.05, 0.1) is 13.2 Å². The van der Waals surface area contributed by atoms with Gasteiger partial charge in [0.15, 0.2) is 5.79 Å². The van der Waals surface area contributed by atoms with Gasteiger partial charge in [0.25, 0.3) is 0 Å². The number of carbonyl (C=O) groups is 1. The lowest BCUT2D eigenvalue weighted by atomic mass is 10.0. The summed E-state index contributed by atoms with van der Waals surface area (Å²) >= 11 is 0. The van der Waals surface area contributed by atoms with Gasteiger partial charge in [-0.05, 0) is 37.1 Å². The van der Waals surface area contributed by atoms with Crippen molar-refractivity contribution in [1.29, 1.82) is 0 Å². The Morgan fingerprint density at radius 2 is 1.87 bits per heavy atom. The highest BCUT2D eigenvalue weighted by Gasteiger charge is 2.39. The maximum atomic E-state index is 12.1. The molecule has 5 heteroatoms. The molecule has 1 aromatic rings. The number of likely N-dealkylation sites (tertiary alicyclic amines) is 1. The number of hydrogen-bond donors (Lipinski definition) is 1. The van der Waals surface area contributed by atoms with E-state index in [-0.39, 0.29) is 11.7 Å². The SMILES string of the molecule is Cc1ccc(NC(=O)CCN2CCC3(CC2)OCCO3)cc1C. The van der Waals surface area contributed by atoms with Gasteiger partial charge in [0.2, 0.25) is 5.91 Å². The molecular formula is C18H26N2O3. The second-order valence-corrected chi connectivity index (χ2v) is 6.55. The average Bonchev–Trinajstić information content (AvgIpc) is 2.99. The van der Waals surface area contributed by atoms with Crippen LogP contribution in [0.3, 0.4) is 0 Å². The van der Waals surface area contributed by atoms with E-state index in [4.69, 9.17) is 9.47 Å². The van der Waals surface area contributed by atoms with E-state index in [1.54, 1.807) is 0 Å². The van der Waals surface area contributed by atoms with Crippen molar-refractivity contribution in [2.24, 2.45) is 0 Å². The fraction of sp³-hybridized carbons (Fsp3) is 0.611. The van der Waals surface area contributed by atoms with Gasteiger partial charge in [-0.2, -0.15) is 0 Å². The summed E-state index contributed by atoms with van der Waals surface area (Å²) in [6.07, 6.45) is 2.30. The normalized spacial score (nSPS) is 20.8. The molecule has 0 radical (unpaired) electrons. The molecule has 0 aliphatic carbocycles. The van der Waals surface area contributed by atoms with Crippen LogP contribution >= 0.6 is 0 Å². The molecule has 1 N–H and O–H groups in total. The molecule has 1 aromatic carbocycles. The summed E-state index contributed by atoms with van der Waals surface area (Å²) < 4.78 is 11.5. The second kappa shape index (κ2) is 6.99. The third-order valence-corrected chi connectivity index (χ3v) is 4.88. The summed E-state index contributed by atoms with van der Waals surface area (Å²) in [5.41, 5.74) is 3.31. The highest BCUT2D eigenvalue weighted by Crippen LogP contribution is 2.31. The number of ether oxygens (including phenoxy) is 2. The highest BCUT2D eigenvalue weighted by atomic mass is 16.7. The van der Waals surface area contributed by atoms with Gasteiger partial charge in [0.1, 0.15) is 0 Å². The van der Waals surface area contributed by atoms with Crippen LogP contribution in [0.25, 0.3) is 0 Å². The Morgan fingerprint density at radius 3 is 2.52 bits per heavy atom. The van der Waals surface area contributed by atoms with Crippen molar-refractivity contribution in [3.05, 3.63) is 29.3 Å². The number of piperidine rings is 1. The Balaban J connectivity index is 1.42. The molecule has 23 heavy (non-hydrogen) atoms. The molecule has 1 amide bonds. The van der Waals surface area contributed by atoms with E-state index < -0.39 is 0 Å². The smallest absolute Gasteiger partial charge is 0.225 e. The first-order valence-electron chi connectivity index (χ1n) is 8.44. The number of nitrogens with one attached hydrogen (secondary N) is 1. The van der Waals surface area contributed by atoms with Crippen LogP contribution in [-0.2, 0) is 14.3 Å². The molecule has 0 bridgehead atoms. The van der Waals surface area contributed by atoms with E-state index in [1.807, 2.05) is 18.2 Å². The van der Waals surface area contributed by atoms with Crippen LogP contribution in [0.15, 0.2) is 18.2 Å². The molecule has 1 spiro atoms. The van der Waals surface area contributed by atoms with Crippen molar-refractivity contribution in [2.75, 3.05) is 38.2 Å². The summed E-state index contributed by atoms with van der Waals surface area (Å²) in [6.45, 7) is 8.18. The Morgan fingerprint density at radius 1 is 1.17 bits per heavy atom. The molecule has 0 aromatic heterocycles. The van der Waals surface area contributed by atoms with E-state index in [0.29, 0.717) is 19.6 Å². The van der Waals surface area contributed by atoms with Gasteiger partial charge < -0.3 is 19.7 Å². The van der Waals surface area contributed by atoms with Crippen LogP contribution in [0.1, 0.15) is 30.4 Å². The molecule has 2 fully saturated rings. The number of benzene rings is 1. The first kappa shape index (κ1) is 16.4. The van der Waals surface area contributed by atoms with Gasteiger partial charge >= 0.3 is 0 Å². The minimum atomic E-state index is -0.335. The molecule has 5 nitrogen and oxygen atoms in total. The second-order valence-electron chi connectivity index (χ2n) is 6.55. The summed E-state index contributed by atoms with van der Waals surface area (Å²) in [6, 6.07) is 6.02. The molecule has 0 atom stereocenters. The lowest BCUT2D eigenvalue weighted by Gasteiger charge is -2.37. The number of anilines is 1. The van der Waals surface area contributed by atoms with Crippen LogP contribution in [0.5, 0.6) is 0 Å². The fourth-order valence-corrected chi connectivity index (χ4v) is 3.21. The molecule has 126 valence electrons. The summed E-state index contributed by atoms with van der Waals surface area (Å²) in [4.78, 5) is 14.4. The molecular weight excluding hydrogens is 292 g/mol. The average molecular weight is 318 g/mol. The lowest BCUT2D eigenvalue weighted by Crippen LogP contribution is -2.45. The summed E-state index contributed by atoms with van der Waals surface area (Å²) in [5.74, 6) is -0.264. The Bertz CT molecular complexity index is 557. The standard InChI is InChI=1S/C18H26N2O3/c1-14-3-4-16(13-15(14)2)19-17(21)5-8-20-9-6-18(7-10-20)22-11-12-23-18/h3-4,13H,5-12H2,1-2H3,(H,19,21). The van der Waals surface area contributed by atoms with Crippen molar-refractivity contribution < 1.29 is 14.3 Å². The molecule has 0 unspecified atom stereocenters. The Hall–Kier alpha value is -1.43. The van der Waals surface area contributed by atoms with Gasteiger partial charge in [-0.3, -0.25) is 4.79 Å². The highest BCUT2D eigenvalue weighted by molar-refractivity contribution is 5.90. The van der Waals surface area contributed by atoms with Crippen molar-refractivity contribution in [3.63, 3.8) is 0 Å². The summed E-state index contributed by atoms with van der Waals surface area (Å²) in [7, 11) is 0. The van der Waals surface area contributed by atoms with Crippen LogP contribution < -0.4 is 5.32 Å². The quantitative estimate of drug-likeness (QED) is 0.926. The topological polar surface area (TPSA) is 50.8 Å². The molecule has 2 heterocycles. The van der Waals surface area contributed by atoms with Gasteiger partial charge in [-0.1, -0.05) is 6.07 Å². The predicted octanol–water partition coefficient (Wildman–Crippen LogP) is 2.47. The van der Waals surface area contributed by atoms with Crippen LogP contribution in [0.4, 0.5) is 5.69 Å². The van der Waals surface area contributed by atoms with E-state index in [9.17, 15) is 4.79 Å². The van der Waals surface area contributed by atoms with E-state index in [0.717, 1.165) is 38.2 Å². The molecule has 2 saturated heterocycles. The van der Waals surface area contributed by atoms with E-state index in [1.165, 1.54) is 11.1 Å². The third kappa shape index (κ3) is 4.10. The molecule has 2 aliphatic heterocycles. The lowest BCUT2D eigenvalue weighted by molar-refractivity contribution is -0.185. The maximum absolute atomic E-state index is 12.1. The Labute approximate surface area is 137 Å². The number of aryl methyl sites for hydroxylation is 2. The van der Waals surface area contributed by atoms with Gasteiger partial charge in [-0.25, -0.2) is 0 Å². The number of hydrogen-bond acceptors (Lipinski definition) is 4. The zero-order chi connectivity index (χ0) is 16.3. The Kier molecular flexibility index (Phi) is 4.99. The molecule has 2 aliphatic rings. The summed E-state index contributed by atoms with van der Waals surface area (Å²) in [5, 5.41) is 2.98. The van der Waals surface area contributed by atoms with Crippen molar-refractivity contribution in [1.82, 2.24) is 4.90 Å². The van der Waals surface area contributed by atoms with E-state index >= 15 is 0 Å². The zero-order valence-corrected chi connectivity index (χ0v) is 14.1. The van der Waals surface area contributed by atoms with Crippen molar-refractivity contribution >= 4 is 11.6 Å². The maximum Gasteiger partial charge on any atom is 0.225 e. The minimum absolute atomic E-state index is 0.0712. The van der Waals surface area contributed by atoms with E-state index in [2.05, 4.69) is 24.1 Å². The number of amides is 1. The zero-order valence-electron chi connectivity index (χ0n) is 14.1. The number of rotatable bonds is 4. The monoisotopic (exact) mass is 318 g/mol. The number of carbonyl (C=O) groups excluding carboxylic acids is 1. The predicted molar refractivity (Wildman–Crippen MR) is 89.5 cm³/mol.